The van der Waals surface area contributed by atoms with Crippen LogP contribution in [0, 0.1) is 6.92 Å². The van der Waals surface area contributed by atoms with Crippen molar-refractivity contribution in [2.75, 3.05) is 11.9 Å². The van der Waals surface area contributed by atoms with E-state index >= 15 is 0 Å². The van der Waals surface area contributed by atoms with Crippen molar-refractivity contribution < 1.29 is 27.8 Å². The third-order valence-electron chi connectivity index (χ3n) is 5.23. The van der Waals surface area contributed by atoms with Crippen LogP contribution >= 0.6 is 0 Å². The van der Waals surface area contributed by atoms with Crippen LogP contribution < -0.4 is 26.0 Å². The quantitative estimate of drug-likeness (QED) is 0.268. The number of aliphatic hydroxyl groups excluding tert-OH is 1. The van der Waals surface area contributed by atoms with Crippen LogP contribution in [0.15, 0.2) is 57.2 Å². The van der Waals surface area contributed by atoms with E-state index in [9.17, 15) is 27.9 Å². The molecule has 0 spiro atoms. The van der Waals surface area contributed by atoms with Crippen LogP contribution in [0.5, 0.6) is 11.5 Å². The molecule has 0 unspecified atom stereocenters. The average molecular weight is 536 g/mol. The van der Waals surface area contributed by atoms with Crippen LogP contribution in [0.2, 0.25) is 0 Å². The first kappa shape index (κ1) is 28.4. The minimum absolute atomic E-state index is 0.00332. The molecular formula is C25H28F3N5O5. The van der Waals surface area contributed by atoms with E-state index in [1.807, 2.05) is 26.0 Å². The van der Waals surface area contributed by atoms with E-state index in [0.29, 0.717) is 6.42 Å². The first-order chi connectivity index (χ1) is 18.1. The van der Waals surface area contributed by atoms with E-state index < -0.39 is 23.4 Å². The fourth-order valence-electron chi connectivity index (χ4n) is 3.50. The molecule has 2 heterocycles. The van der Waals surface area contributed by atoms with Crippen molar-refractivity contribution >= 4 is 17.9 Å². The fourth-order valence-corrected chi connectivity index (χ4v) is 3.50. The van der Waals surface area contributed by atoms with E-state index in [1.54, 1.807) is 6.20 Å². The number of aromatic nitrogens is 3. The Morgan fingerprint density at radius 3 is 2.55 bits per heavy atom. The van der Waals surface area contributed by atoms with Crippen LogP contribution in [0.1, 0.15) is 31.0 Å². The summed E-state index contributed by atoms with van der Waals surface area (Å²) in [7, 11) is 0. The Morgan fingerprint density at radius 2 is 1.89 bits per heavy atom. The number of anilines is 1. The summed E-state index contributed by atoms with van der Waals surface area (Å²) >= 11 is 0. The van der Waals surface area contributed by atoms with Gasteiger partial charge >= 0.3 is 12.1 Å². The van der Waals surface area contributed by atoms with Gasteiger partial charge in [0.25, 0.3) is 5.56 Å². The predicted octanol–water partition coefficient (Wildman–Crippen LogP) is 3.76. The van der Waals surface area contributed by atoms with Gasteiger partial charge in [-0.05, 0) is 43.5 Å². The predicted molar refractivity (Wildman–Crippen MR) is 135 cm³/mol. The summed E-state index contributed by atoms with van der Waals surface area (Å²) in [6, 6.07) is 8.49. The minimum atomic E-state index is -4.86. The third-order valence-corrected chi connectivity index (χ3v) is 5.23. The van der Waals surface area contributed by atoms with Crippen LogP contribution in [-0.2, 0) is 19.6 Å². The first-order valence-corrected chi connectivity index (χ1v) is 11.8. The van der Waals surface area contributed by atoms with E-state index in [0.717, 1.165) is 34.4 Å². The number of rotatable bonds is 12. The fraction of sp³-hybridized carbons (Fsp3) is 0.360. The van der Waals surface area contributed by atoms with Crippen LogP contribution in [0.3, 0.4) is 0 Å². The van der Waals surface area contributed by atoms with Crippen molar-refractivity contribution in [1.29, 1.82) is 0 Å². The number of hydrogen-bond donors (Lipinski definition) is 2. The molecule has 0 fully saturated rings. The summed E-state index contributed by atoms with van der Waals surface area (Å²) in [4.78, 5) is 34.9. The van der Waals surface area contributed by atoms with Gasteiger partial charge in [-0.1, -0.05) is 19.1 Å². The number of aliphatic hydroxyl groups is 1. The summed E-state index contributed by atoms with van der Waals surface area (Å²) < 4.78 is 49.2. The highest BCUT2D eigenvalue weighted by atomic mass is 19.4. The molecule has 0 aliphatic carbocycles. The van der Waals surface area contributed by atoms with Crippen LogP contribution in [0.4, 0.5) is 24.7 Å². The molecule has 2 N–H and O–H groups in total. The number of alkyl halides is 3. The normalized spacial score (nSPS) is 11.6. The number of hydrogen-bond acceptors (Lipinski definition) is 8. The number of nitrogens with one attached hydrogen (secondary N) is 1. The highest BCUT2D eigenvalue weighted by Gasteiger charge is 2.31. The molecule has 0 radical (unpaired) electrons. The molecule has 0 aliphatic heterocycles. The monoisotopic (exact) mass is 535 g/mol. The Balaban J connectivity index is 2.00. The van der Waals surface area contributed by atoms with Crippen molar-refractivity contribution in [3.05, 3.63) is 74.7 Å². The number of benzene rings is 1. The molecule has 1 aromatic carbocycles. The largest absolute Gasteiger partial charge is 0.573 e. The first-order valence-electron chi connectivity index (χ1n) is 11.8. The molecule has 0 bridgehead atoms. The summed E-state index contributed by atoms with van der Waals surface area (Å²) in [5, 5.41) is 12.3. The maximum atomic E-state index is 13.3. The lowest BCUT2D eigenvalue weighted by Gasteiger charge is -2.17. The molecule has 0 saturated carbocycles. The minimum Gasteiger partial charge on any atom is -0.446 e. The lowest BCUT2D eigenvalue weighted by atomic mass is 10.2. The Bertz CT molecular complexity index is 1370. The van der Waals surface area contributed by atoms with Crippen molar-refractivity contribution in [2.45, 2.75) is 52.7 Å². The summed E-state index contributed by atoms with van der Waals surface area (Å²) in [6.45, 7) is 3.91. The Kier molecular flexibility index (Phi) is 9.66. The number of ether oxygens (including phenoxy) is 2. The van der Waals surface area contributed by atoms with Crippen LogP contribution in [-0.4, -0.2) is 38.6 Å². The topological polar surface area (TPSA) is 120 Å². The van der Waals surface area contributed by atoms with Gasteiger partial charge in [-0.15, -0.1) is 13.2 Å². The molecule has 0 aliphatic rings. The molecule has 3 aromatic rings. The molecule has 0 atom stereocenters. The molecule has 3 rings (SSSR count). The summed E-state index contributed by atoms with van der Waals surface area (Å²) in [5.41, 5.74) is 0.372. The molecule has 0 amide bonds. The molecule has 0 saturated heterocycles. The maximum absolute atomic E-state index is 13.3. The smallest absolute Gasteiger partial charge is 0.446 e. The second kappa shape index (κ2) is 12.9. The number of aliphatic imine (C=N–C) groups is 1. The van der Waals surface area contributed by atoms with E-state index in [1.165, 1.54) is 16.7 Å². The van der Waals surface area contributed by atoms with Crippen LogP contribution in [0.25, 0.3) is 0 Å². The van der Waals surface area contributed by atoms with Gasteiger partial charge < -0.3 is 19.9 Å². The second-order valence-electron chi connectivity index (χ2n) is 8.20. The zero-order valence-electron chi connectivity index (χ0n) is 20.9. The van der Waals surface area contributed by atoms with Crippen molar-refractivity contribution in [3.63, 3.8) is 0 Å². The zero-order chi connectivity index (χ0) is 27.7. The molecule has 204 valence electrons. The van der Waals surface area contributed by atoms with Crippen molar-refractivity contribution in [2.24, 2.45) is 4.99 Å². The van der Waals surface area contributed by atoms with E-state index in [-0.39, 0.29) is 49.9 Å². The number of pyridine rings is 1. The Morgan fingerprint density at radius 1 is 1.13 bits per heavy atom. The third kappa shape index (κ3) is 7.68. The standard InChI is InChI=1S/C25H28F3N5O5/c1-3-10-32-22(31-16-37-19-6-4-7-20(13-19)38-25(26,27)28)21(23(35)33(24(32)36)11-5-12-34)30-15-18-9-8-17(2)29-14-18/h4,6-9,13-14,16,30,34H,3,5,10-12,15H2,1-2H3/b31-16+. The van der Waals surface area contributed by atoms with Gasteiger partial charge in [0.1, 0.15) is 17.2 Å². The zero-order valence-corrected chi connectivity index (χ0v) is 20.9. The molecule has 2 aromatic heterocycles. The van der Waals surface area contributed by atoms with Gasteiger partial charge in [0.15, 0.2) is 12.2 Å². The van der Waals surface area contributed by atoms with E-state index in [2.05, 4.69) is 20.0 Å². The molecule has 38 heavy (non-hydrogen) atoms. The molecule has 10 nitrogen and oxygen atoms in total. The summed E-state index contributed by atoms with van der Waals surface area (Å²) in [5.74, 6) is -0.492. The SMILES string of the molecule is CCCn1c(/N=C/Oc2cccc(OC(F)(F)F)c2)c(NCc2ccc(C)nc2)c(=O)n(CCCO)c1=O. The maximum Gasteiger partial charge on any atom is 0.573 e. The number of nitrogens with zero attached hydrogens (tertiary/aromatic N) is 4. The highest BCUT2D eigenvalue weighted by Crippen LogP contribution is 2.26. The van der Waals surface area contributed by atoms with Gasteiger partial charge in [-0.3, -0.25) is 18.9 Å². The molecule has 13 heteroatoms. The highest BCUT2D eigenvalue weighted by molar-refractivity contribution is 5.67. The average Bonchev–Trinajstić information content (AvgIpc) is 2.86. The van der Waals surface area contributed by atoms with Crippen molar-refractivity contribution in [1.82, 2.24) is 14.1 Å². The van der Waals surface area contributed by atoms with Crippen molar-refractivity contribution in [3.8, 4) is 11.5 Å². The van der Waals surface area contributed by atoms with Gasteiger partial charge in [-0.2, -0.15) is 4.99 Å². The van der Waals surface area contributed by atoms with Gasteiger partial charge in [0, 0.05) is 44.2 Å². The summed E-state index contributed by atoms with van der Waals surface area (Å²) in [6.07, 6.45) is -1.54. The second-order valence-corrected chi connectivity index (χ2v) is 8.20. The lowest BCUT2D eigenvalue weighted by Crippen LogP contribution is -2.41. The lowest BCUT2D eigenvalue weighted by molar-refractivity contribution is -0.274. The Labute approximate surface area is 216 Å². The molecular weight excluding hydrogens is 507 g/mol. The van der Waals surface area contributed by atoms with E-state index in [4.69, 9.17) is 4.74 Å². The Hall–Kier alpha value is -4.13. The number of aryl methyl sites for hydroxylation is 1. The van der Waals surface area contributed by atoms with Gasteiger partial charge in [0.2, 0.25) is 0 Å². The van der Waals surface area contributed by atoms with Gasteiger partial charge in [-0.25, -0.2) is 4.79 Å². The van der Waals surface area contributed by atoms with Gasteiger partial charge in [0.05, 0.1) is 0 Å². The number of halogens is 3.